The van der Waals surface area contributed by atoms with Crippen molar-refractivity contribution in [1.29, 1.82) is 0 Å². The van der Waals surface area contributed by atoms with Crippen molar-refractivity contribution in [3.63, 3.8) is 0 Å². The molecule has 1 aromatic rings. The first-order valence-electron chi connectivity index (χ1n) is 6.44. The minimum absolute atomic E-state index is 0.169. The predicted molar refractivity (Wildman–Crippen MR) is 68.2 cm³/mol. The number of nitrogens with zero attached hydrogens (tertiary/aromatic N) is 1. The molecule has 0 spiro atoms. The molecule has 1 aromatic carbocycles. The molecule has 1 heterocycles. The molecule has 1 unspecified atom stereocenters. The van der Waals surface area contributed by atoms with Gasteiger partial charge in [0.05, 0.1) is 0 Å². The maximum atomic E-state index is 13.7. The standard InChI is InChI=1S/C13H17F2NO2S/c1-2-10-6-3-4-9-16(10)19(17,18)13-11(14)7-5-8-12(13)15/h5,7-8,10H,2-4,6,9H2,1H3. The number of piperidine rings is 1. The van der Waals surface area contributed by atoms with Gasteiger partial charge in [0, 0.05) is 12.6 Å². The lowest BCUT2D eigenvalue weighted by molar-refractivity contribution is 0.245. The summed E-state index contributed by atoms with van der Waals surface area (Å²) < 4.78 is 53.5. The number of sulfonamides is 1. The van der Waals surface area contributed by atoms with E-state index in [1.165, 1.54) is 4.31 Å². The maximum Gasteiger partial charge on any atom is 0.249 e. The Labute approximate surface area is 112 Å². The average Bonchev–Trinajstić information content (AvgIpc) is 2.38. The lowest BCUT2D eigenvalue weighted by atomic mass is 10.0. The molecule has 0 bridgehead atoms. The summed E-state index contributed by atoms with van der Waals surface area (Å²) in [5.41, 5.74) is 0. The van der Waals surface area contributed by atoms with Crippen LogP contribution in [0.2, 0.25) is 0 Å². The van der Waals surface area contributed by atoms with Gasteiger partial charge in [0.15, 0.2) is 4.90 Å². The smallest absolute Gasteiger partial charge is 0.207 e. The zero-order chi connectivity index (χ0) is 14.0. The van der Waals surface area contributed by atoms with Crippen LogP contribution < -0.4 is 0 Å². The normalized spacial score (nSPS) is 21.5. The largest absolute Gasteiger partial charge is 0.249 e. The molecule has 19 heavy (non-hydrogen) atoms. The van der Waals surface area contributed by atoms with E-state index in [0.717, 1.165) is 37.5 Å². The van der Waals surface area contributed by atoms with Gasteiger partial charge < -0.3 is 0 Å². The zero-order valence-corrected chi connectivity index (χ0v) is 11.6. The van der Waals surface area contributed by atoms with Crippen molar-refractivity contribution in [2.45, 2.75) is 43.5 Å². The van der Waals surface area contributed by atoms with E-state index in [0.29, 0.717) is 13.0 Å². The van der Waals surface area contributed by atoms with Crippen LogP contribution in [0, 0.1) is 11.6 Å². The van der Waals surface area contributed by atoms with Gasteiger partial charge in [-0.25, -0.2) is 17.2 Å². The molecule has 3 nitrogen and oxygen atoms in total. The molecule has 1 saturated heterocycles. The van der Waals surface area contributed by atoms with Gasteiger partial charge in [-0.05, 0) is 31.4 Å². The molecule has 0 aromatic heterocycles. The second-order valence-corrected chi connectivity index (χ2v) is 6.55. The van der Waals surface area contributed by atoms with E-state index < -0.39 is 26.6 Å². The summed E-state index contributed by atoms with van der Waals surface area (Å²) in [5.74, 6) is -2.05. The van der Waals surface area contributed by atoms with Crippen molar-refractivity contribution in [2.24, 2.45) is 0 Å². The molecule has 1 atom stereocenters. The van der Waals surface area contributed by atoms with E-state index >= 15 is 0 Å². The molecule has 1 aliphatic rings. The molecule has 0 aliphatic carbocycles. The number of hydrogen-bond acceptors (Lipinski definition) is 2. The van der Waals surface area contributed by atoms with Crippen molar-refractivity contribution in [3.8, 4) is 0 Å². The monoisotopic (exact) mass is 289 g/mol. The highest BCUT2D eigenvalue weighted by Gasteiger charge is 2.36. The van der Waals surface area contributed by atoms with Gasteiger partial charge in [-0.15, -0.1) is 0 Å². The van der Waals surface area contributed by atoms with Crippen molar-refractivity contribution >= 4 is 10.0 Å². The second-order valence-electron chi connectivity index (χ2n) is 4.72. The Bertz CT molecular complexity index is 540. The fraction of sp³-hybridized carbons (Fsp3) is 0.538. The molecular formula is C13H17F2NO2S. The van der Waals surface area contributed by atoms with E-state index in [-0.39, 0.29) is 6.04 Å². The van der Waals surface area contributed by atoms with Crippen LogP contribution >= 0.6 is 0 Å². The summed E-state index contributed by atoms with van der Waals surface area (Å²) in [5, 5.41) is 0. The van der Waals surface area contributed by atoms with E-state index in [2.05, 4.69) is 0 Å². The van der Waals surface area contributed by atoms with Crippen LogP contribution in [0.25, 0.3) is 0 Å². The maximum absolute atomic E-state index is 13.7. The molecule has 1 aliphatic heterocycles. The summed E-state index contributed by atoms with van der Waals surface area (Å²) in [4.78, 5) is -0.824. The first kappa shape index (κ1) is 14.4. The van der Waals surface area contributed by atoms with Gasteiger partial charge in [0.1, 0.15) is 11.6 Å². The van der Waals surface area contributed by atoms with Gasteiger partial charge in [0.25, 0.3) is 0 Å². The Morgan fingerprint density at radius 1 is 1.26 bits per heavy atom. The van der Waals surface area contributed by atoms with Crippen LogP contribution in [0.15, 0.2) is 23.1 Å². The highest BCUT2D eigenvalue weighted by molar-refractivity contribution is 7.89. The Kier molecular flexibility index (Phi) is 4.20. The van der Waals surface area contributed by atoms with Gasteiger partial charge in [0.2, 0.25) is 10.0 Å². The molecule has 0 radical (unpaired) electrons. The van der Waals surface area contributed by atoms with Crippen LogP contribution in [0.3, 0.4) is 0 Å². The topological polar surface area (TPSA) is 37.4 Å². The Morgan fingerprint density at radius 2 is 1.89 bits per heavy atom. The minimum atomic E-state index is -4.10. The Balaban J connectivity index is 2.47. The predicted octanol–water partition coefficient (Wildman–Crippen LogP) is 2.92. The summed E-state index contributed by atoms with van der Waals surface area (Å²) in [7, 11) is -4.10. The average molecular weight is 289 g/mol. The first-order chi connectivity index (χ1) is 8.98. The van der Waals surface area contributed by atoms with Crippen molar-refractivity contribution in [3.05, 3.63) is 29.8 Å². The fourth-order valence-electron chi connectivity index (χ4n) is 2.54. The van der Waals surface area contributed by atoms with Crippen LogP contribution in [0.1, 0.15) is 32.6 Å². The SMILES string of the molecule is CCC1CCCCN1S(=O)(=O)c1c(F)cccc1F. The van der Waals surface area contributed by atoms with Crippen molar-refractivity contribution < 1.29 is 17.2 Å². The van der Waals surface area contributed by atoms with Gasteiger partial charge in [-0.1, -0.05) is 19.4 Å². The third kappa shape index (κ3) is 2.65. The molecule has 106 valence electrons. The van der Waals surface area contributed by atoms with Gasteiger partial charge in [-0.3, -0.25) is 0 Å². The lowest BCUT2D eigenvalue weighted by Crippen LogP contribution is -2.43. The van der Waals surface area contributed by atoms with Crippen molar-refractivity contribution in [2.75, 3.05) is 6.54 Å². The van der Waals surface area contributed by atoms with Crippen LogP contribution in [-0.2, 0) is 10.0 Å². The van der Waals surface area contributed by atoms with E-state index in [9.17, 15) is 17.2 Å². The number of benzene rings is 1. The second kappa shape index (κ2) is 5.54. The summed E-state index contributed by atoms with van der Waals surface area (Å²) in [6.07, 6.45) is 3.07. The van der Waals surface area contributed by atoms with E-state index in [4.69, 9.17) is 0 Å². The molecule has 0 saturated carbocycles. The first-order valence-corrected chi connectivity index (χ1v) is 7.88. The van der Waals surface area contributed by atoms with Gasteiger partial charge >= 0.3 is 0 Å². The molecule has 0 amide bonds. The number of hydrogen-bond donors (Lipinski definition) is 0. The highest BCUT2D eigenvalue weighted by Crippen LogP contribution is 2.29. The molecule has 0 N–H and O–H groups in total. The molecular weight excluding hydrogens is 272 g/mol. The summed E-state index contributed by atoms with van der Waals surface area (Å²) in [6.45, 7) is 2.21. The van der Waals surface area contributed by atoms with Crippen LogP contribution in [0.5, 0.6) is 0 Å². The third-order valence-corrected chi connectivity index (χ3v) is 5.53. The van der Waals surface area contributed by atoms with E-state index in [1.807, 2.05) is 6.92 Å². The highest BCUT2D eigenvalue weighted by atomic mass is 32.2. The van der Waals surface area contributed by atoms with Crippen LogP contribution in [0.4, 0.5) is 8.78 Å². The summed E-state index contributed by atoms with van der Waals surface area (Å²) in [6, 6.07) is 2.94. The van der Waals surface area contributed by atoms with E-state index in [1.54, 1.807) is 0 Å². The molecule has 2 rings (SSSR count). The van der Waals surface area contributed by atoms with Gasteiger partial charge in [-0.2, -0.15) is 4.31 Å². The zero-order valence-electron chi connectivity index (χ0n) is 10.8. The Hall–Kier alpha value is -1.01. The van der Waals surface area contributed by atoms with Crippen LogP contribution in [-0.4, -0.2) is 25.3 Å². The lowest BCUT2D eigenvalue weighted by Gasteiger charge is -2.34. The third-order valence-electron chi connectivity index (χ3n) is 3.53. The minimum Gasteiger partial charge on any atom is -0.207 e. The molecule has 1 fully saturated rings. The fourth-order valence-corrected chi connectivity index (χ4v) is 4.42. The number of rotatable bonds is 3. The summed E-state index contributed by atoms with van der Waals surface area (Å²) >= 11 is 0. The quantitative estimate of drug-likeness (QED) is 0.858. The Morgan fingerprint density at radius 3 is 2.47 bits per heavy atom. The van der Waals surface area contributed by atoms with Crippen molar-refractivity contribution in [1.82, 2.24) is 4.31 Å². The molecule has 6 heteroatoms. The number of halogens is 2.